The summed E-state index contributed by atoms with van der Waals surface area (Å²) in [4.78, 5) is 0. The van der Waals surface area contributed by atoms with Crippen LogP contribution in [0.25, 0.3) is 0 Å². The molecule has 0 fully saturated rings. The smallest absolute Gasteiger partial charge is 0.00775 e. The highest BCUT2D eigenvalue weighted by Crippen LogP contribution is 2.08. The van der Waals surface area contributed by atoms with E-state index in [2.05, 4.69) is 33.0 Å². The first-order valence-corrected chi connectivity index (χ1v) is 7.54. The van der Waals surface area contributed by atoms with Crippen LogP contribution in [0, 0.1) is 0 Å². The molecule has 0 rings (SSSR count). The monoisotopic (exact) mass is 229 g/mol. The molecule has 0 radical (unpaired) electrons. The third-order valence-corrected chi connectivity index (χ3v) is 2.71. The van der Waals surface area contributed by atoms with Crippen LogP contribution < -0.4 is 5.32 Å². The van der Waals surface area contributed by atoms with E-state index < -0.39 is 0 Å². The van der Waals surface area contributed by atoms with Crippen molar-refractivity contribution in [3.63, 3.8) is 0 Å². The molecule has 0 saturated carbocycles. The van der Waals surface area contributed by atoms with Crippen molar-refractivity contribution in [2.75, 3.05) is 13.1 Å². The molecule has 0 aliphatic heterocycles. The average Bonchev–Trinajstić information content (AvgIpc) is 2.30. The first kappa shape index (κ1) is 18.3. The predicted octanol–water partition coefficient (Wildman–Crippen LogP) is 5.15. The summed E-state index contributed by atoms with van der Waals surface area (Å²) in [5.74, 6) is 0. The minimum atomic E-state index is 1.09. The summed E-state index contributed by atoms with van der Waals surface area (Å²) in [7, 11) is 0. The standard InChI is InChI=1S/C11H24.C4H11N/c1-3-5-7-9-11-10-8-6-4-2;1-3-5-4-2/h3-11H2,1-2H3;5H,3-4H2,1-2H3. The van der Waals surface area contributed by atoms with Crippen molar-refractivity contribution in [3.8, 4) is 0 Å². The van der Waals surface area contributed by atoms with Crippen LogP contribution in [0.3, 0.4) is 0 Å². The first-order chi connectivity index (χ1) is 7.83. The Hall–Kier alpha value is -0.0400. The minimum Gasteiger partial charge on any atom is -0.317 e. The first-order valence-electron chi connectivity index (χ1n) is 7.54. The lowest BCUT2D eigenvalue weighted by Gasteiger charge is -1.98. The molecule has 0 saturated heterocycles. The molecule has 0 aromatic heterocycles. The number of hydrogen-bond acceptors (Lipinski definition) is 1. The van der Waals surface area contributed by atoms with E-state index >= 15 is 0 Å². The topological polar surface area (TPSA) is 12.0 Å². The third-order valence-electron chi connectivity index (χ3n) is 2.71. The van der Waals surface area contributed by atoms with Crippen molar-refractivity contribution < 1.29 is 0 Å². The molecule has 0 aliphatic rings. The van der Waals surface area contributed by atoms with Crippen LogP contribution in [0.5, 0.6) is 0 Å². The van der Waals surface area contributed by atoms with E-state index in [4.69, 9.17) is 0 Å². The fourth-order valence-electron chi connectivity index (χ4n) is 1.63. The van der Waals surface area contributed by atoms with E-state index in [1.165, 1.54) is 57.8 Å². The van der Waals surface area contributed by atoms with Crippen LogP contribution in [0.4, 0.5) is 0 Å². The van der Waals surface area contributed by atoms with Crippen LogP contribution in [0.1, 0.15) is 85.5 Å². The fraction of sp³-hybridized carbons (Fsp3) is 1.00. The number of hydrogen-bond donors (Lipinski definition) is 1. The molecule has 0 amide bonds. The molecule has 0 atom stereocenters. The molecular weight excluding hydrogens is 194 g/mol. The lowest BCUT2D eigenvalue weighted by molar-refractivity contribution is 0.572. The Bertz CT molecular complexity index is 81.4. The summed E-state index contributed by atoms with van der Waals surface area (Å²) in [5, 5.41) is 3.11. The van der Waals surface area contributed by atoms with Crippen molar-refractivity contribution >= 4 is 0 Å². The molecule has 1 nitrogen and oxygen atoms in total. The summed E-state index contributed by atoms with van der Waals surface area (Å²) in [6, 6.07) is 0. The van der Waals surface area contributed by atoms with Gasteiger partial charge in [0.2, 0.25) is 0 Å². The molecule has 0 aliphatic carbocycles. The van der Waals surface area contributed by atoms with Gasteiger partial charge in [-0.3, -0.25) is 0 Å². The lowest BCUT2D eigenvalue weighted by Crippen LogP contribution is -2.09. The van der Waals surface area contributed by atoms with Gasteiger partial charge in [0.15, 0.2) is 0 Å². The molecular formula is C15H35N. The van der Waals surface area contributed by atoms with Gasteiger partial charge in [-0.15, -0.1) is 0 Å². The third kappa shape index (κ3) is 23.6. The molecule has 1 N–H and O–H groups in total. The van der Waals surface area contributed by atoms with Gasteiger partial charge in [0.05, 0.1) is 0 Å². The van der Waals surface area contributed by atoms with E-state index in [-0.39, 0.29) is 0 Å². The Morgan fingerprint density at radius 2 is 0.812 bits per heavy atom. The second-order valence-corrected chi connectivity index (χ2v) is 4.43. The van der Waals surface area contributed by atoms with Gasteiger partial charge in [-0.25, -0.2) is 0 Å². The zero-order valence-electron chi connectivity index (χ0n) is 12.3. The van der Waals surface area contributed by atoms with Gasteiger partial charge in [0.1, 0.15) is 0 Å². The van der Waals surface area contributed by atoms with E-state index in [1.807, 2.05) is 0 Å². The van der Waals surface area contributed by atoms with Crippen LogP contribution in [-0.2, 0) is 0 Å². The van der Waals surface area contributed by atoms with Crippen molar-refractivity contribution in [2.45, 2.75) is 85.5 Å². The zero-order chi connectivity index (χ0) is 12.5. The lowest BCUT2D eigenvalue weighted by atomic mass is 10.1. The summed E-state index contributed by atoms with van der Waals surface area (Å²) < 4.78 is 0. The Labute approximate surface area is 104 Å². The van der Waals surface area contributed by atoms with E-state index in [1.54, 1.807) is 0 Å². The maximum Gasteiger partial charge on any atom is -0.00775 e. The maximum atomic E-state index is 3.11. The normalized spacial score (nSPS) is 9.75. The average molecular weight is 229 g/mol. The van der Waals surface area contributed by atoms with Crippen LogP contribution >= 0.6 is 0 Å². The van der Waals surface area contributed by atoms with Crippen molar-refractivity contribution in [2.24, 2.45) is 0 Å². The number of nitrogens with one attached hydrogen (secondary N) is 1. The Morgan fingerprint density at radius 3 is 1.00 bits per heavy atom. The minimum absolute atomic E-state index is 1.09. The largest absolute Gasteiger partial charge is 0.317 e. The Balaban J connectivity index is 0. The van der Waals surface area contributed by atoms with E-state index in [0.717, 1.165) is 13.1 Å². The van der Waals surface area contributed by atoms with Crippen molar-refractivity contribution in [1.29, 1.82) is 0 Å². The van der Waals surface area contributed by atoms with Gasteiger partial charge in [0, 0.05) is 0 Å². The van der Waals surface area contributed by atoms with Gasteiger partial charge in [0.25, 0.3) is 0 Å². The maximum absolute atomic E-state index is 3.11. The highest BCUT2D eigenvalue weighted by Gasteiger charge is 1.88. The molecule has 0 aromatic carbocycles. The van der Waals surface area contributed by atoms with Gasteiger partial charge in [-0.2, -0.15) is 0 Å². The highest BCUT2D eigenvalue weighted by molar-refractivity contribution is 4.44. The summed E-state index contributed by atoms with van der Waals surface area (Å²) in [6.07, 6.45) is 13.0. The van der Waals surface area contributed by atoms with Crippen molar-refractivity contribution in [3.05, 3.63) is 0 Å². The van der Waals surface area contributed by atoms with Gasteiger partial charge < -0.3 is 5.32 Å². The molecule has 0 aromatic rings. The van der Waals surface area contributed by atoms with E-state index in [9.17, 15) is 0 Å². The van der Waals surface area contributed by atoms with E-state index in [0.29, 0.717) is 0 Å². The van der Waals surface area contributed by atoms with Crippen LogP contribution in [0.2, 0.25) is 0 Å². The molecule has 1 heteroatoms. The number of unbranched alkanes of at least 4 members (excludes halogenated alkanes) is 8. The molecule has 100 valence electrons. The fourth-order valence-corrected chi connectivity index (χ4v) is 1.63. The quantitative estimate of drug-likeness (QED) is 0.511. The van der Waals surface area contributed by atoms with Gasteiger partial charge in [-0.1, -0.05) is 85.5 Å². The summed E-state index contributed by atoms with van der Waals surface area (Å²) >= 11 is 0. The van der Waals surface area contributed by atoms with Crippen LogP contribution in [-0.4, -0.2) is 13.1 Å². The van der Waals surface area contributed by atoms with Crippen molar-refractivity contribution in [1.82, 2.24) is 5.32 Å². The second kappa shape index (κ2) is 20.4. The Morgan fingerprint density at radius 1 is 0.500 bits per heavy atom. The molecule has 0 spiro atoms. The molecule has 0 bridgehead atoms. The highest BCUT2D eigenvalue weighted by atomic mass is 14.8. The van der Waals surface area contributed by atoms with Gasteiger partial charge in [-0.05, 0) is 13.1 Å². The van der Waals surface area contributed by atoms with Gasteiger partial charge >= 0.3 is 0 Å². The number of rotatable bonds is 10. The molecule has 16 heavy (non-hydrogen) atoms. The van der Waals surface area contributed by atoms with Crippen LogP contribution in [0.15, 0.2) is 0 Å². The second-order valence-electron chi connectivity index (χ2n) is 4.43. The summed E-state index contributed by atoms with van der Waals surface area (Å²) in [5.41, 5.74) is 0. The summed E-state index contributed by atoms with van der Waals surface area (Å²) in [6.45, 7) is 10.9. The molecule has 0 heterocycles. The zero-order valence-corrected chi connectivity index (χ0v) is 12.3. The molecule has 0 unspecified atom stereocenters. The predicted molar refractivity (Wildman–Crippen MR) is 77.1 cm³/mol. The Kier molecular flexibility index (Phi) is 23.3. The SMILES string of the molecule is CCCCCCCCCCC.CCNCC.